The van der Waals surface area contributed by atoms with E-state index < -0.39 is 18.4 Å². The van der Waals surface area contributed by atoms with Crippen LogP contribution in [-0.2, 0) is 23.8 Å². The summed E-state index contributed by atoms with van der Waals surface area (Å²) in [4.78, 5) is 23.2. The smallest absolute Gasteiger partial charge is 0.361 e. The largest absolute Gasteiger partial charge is 0.477 e. The molecular formula is C32H60NO7+. The Balaban J connectivity index is 3.60. The Bertz CT molecular complexity index is 673. The highest BCUT2D eigenvalue weighted by Gasteiger charge is 2.22. The van der Waals surface area contributed by atoms with E-state index in [0.29, 0.717) is 17.4 Å². The van der Waals surface area contributed by atoms with Crippen molar-refractivity contribution in [2.75, 3.05) is 47.5 Å². The lowest BCUT2D eigenvalue weighted by molar-refractivity contribution is -0.870. The Hall–Kier alpha value is -1.74. The standard InChI is InChI=1S/C32H59NO7/c1-5-6-7-8-9-10-11-12-13-14-15-16-17-18-19-20-21-22-23-24-30(35)39-27-29(34)28-40-32(31(36)37)38-26-25-33(2,3)4/h9-10,12-13,29,32,34H,5-8,11,14-28H2,1-4H3/p+1/b10-9-,13-12-. The van der Waals surface area contributed by atoms with Crippen molar-refractivity contribution in [3.8, 4) is 0 Å². The van der Waals surface area contributed by atoms with Crippen LogP contribution in [0.4, 0.5) is 0 Å². The number of hydrogen-bond donors (Lipinski definition) is 2. The number of quaternary nitrogens is 1. The number of esters is 1. The summed E-state index contributed by atoms with van der Waals surface area (Å²) in [5.74, 6) is -1.62. The van der Waals surface area contributed by atoms with E-state index in [1.54, 1.807) is 0 Å². The number of allylic oxidation sites excluding steroid dienone is 4. The lowest BCUT2D eigenvalue weighted by Gasteiger charge is -2.24. The molecule has 0 spiro atoms. The molecular weight excluding hydrogens is 510 g/mol. The summed E-state index contributed by atoms with van der Waals surface area (Å²) in [6.45, 7) is 2.55. The lowest BCUT2D eigenvalue weighted by Crippen LogP contribution is -2.40. The van der Waals surface area contributed by atoms with Crippen LogP contribution < -0.4 is 0 Å². The van der Waals surface area contributed by atoms with Gasteiger partial charge in [-0.3, -0.25) is 4.79 Å². The average molecular weight is 571 g/mol. The van der Waals surface area contributed by atoms with E-state index in [1.165, 1.54) is 70.6 Å². The van der Waals surface area contributed by atoms with Crippen LogP contribution in [0.5, 0.6) is 0 Å². The Morgan fingerprint density at radius 3 is 1.85 bits per heavy atom. The van der Waals surface area contributed by atoms with Crippen LogP contribution in [0.25, 0.3) is 0 Å². The molecule has 0 aromatic heterocycles. The fraction of sp³-hybridized carbons (Fsp3) is 0.812. The van der Waals surface area contributed by atoms with Crippen molar-refractivity contribution in [2.24, 2.45) is 0 Å². The molecule has 2 atom stereocenters. The minimum atomic E-state index is -1.46. The van der Waals surface area contributed by atoms with E-state index in [2.05, 4.69) is 31.2 Å². The highest BCUT2D eigenvalue weighted by Crippen LogP contribution is 2.12. The molecule has 0 rings (SSSR count). The third kappa shape index (κ3) is 27.8. The average Bonchev–Trinajstić information content (AvgIpc) is 2.89. The molecule has 0 radical (unpaired) electrons. The van der Waals surface area contributed by atoms with Gasteiger partial charge >= 0.3 is 11.9 Å². The third-order valence-corrected chi connectivity index (χ3v) is 6.44. The summed E-state index contributed by atoms with van der Waals surface area (Å²) < 4.78 is 16.1. The molecule has 0 saturated heterocycles. The van der Waals surface area contributed by atoms with E-state index >= 15 is 0 Å². The summed E-state index contributed by atoms with van der Waals surface area (Å²) in [6, 6.07) is 0. The number of rotatable bonds is 28. The molecule has 234 valence electrons. The predicted octanol–water partition coefficient (Wildman–Crippen LogP) is 6.41. The van der Waals surface area contributed by atoms with Crippen LogP contribution in [0, 0.1) is 0 Å². The van der Waals surface area contributed by atoms with Crippen LogP contribution in [-0.4, -0.2) is 86.5 Å². The molecule has 0 bridgehead atoms. The Morgan fingerprint density at radius 1 is 0.750 bits per heavy atom. The Kier molecular flexibility index (Phi) is 25.0. The van der Waals surface area contributed by atoms with E-state index in [9.17, 15) is 19.8 Å². The number of unbranched alkanes of at least 4 members (excludes halogenated alkanes) is 12. The van der Waals surface area contributed by atoms with E-state index in [0.717, 1.165) is 25.7 Å². The molecule has 8 heteroatoms. The molecule has 0 fully saturated rings. The summed E-state index contributed by atoms with van der Waals surface area (Å²) in [6.07, 6.45) is 24.7. The number of likely N-dealkylation sites (N-methyl/N-ethyl adjacent to an activating group) is 1. The van der Waals surface area contributed by atoms with Crippen molar-refractivity contribution in [2.45, 2.75) is 122 Å². The maximum Gasteiger partial charge on any atom is 0.361 e. The zero-order valence-corrected chi connectivity index (χ0v) is 26.0. The van der Waals surface area contributed by atoms with Crippen molar-refractivity contribution in [1.29, 1.82) is 0 Å². The first-order valence-electron chi connectivity index (χ1n) is 15.6. The van der Waals surface area contributed by atoms with Crippen LogP contribution in [0.3, 0.4) is 0 Å². The zero-order chi connectivity index (χ0) is 29.9. The van der Waals surface area contributed by atoms with Gasteiger partial charge in [-0.15, -0.1) is 0 Å². The highest BCUT2D eigenvalue weighted by atomic mass is 16.7. The van der Waals surface area contributed by atoms with Crippen molar-refractivity contribution < 1.29 is 38.5 Å². The van der Waals surface area contributed by atoms with Gasteiger partial charge in [-0.25, -0.2) is 4.79 Å². The number of aliphatic hydroxyl groups excluding tert-OH is 1. The number of carboxylic acid groups (broad SMARTS) is 1. The van der Waals surface area contributed by atoms with Crippen molar-refractivity contribution in [3.05, 3.63) is 24.3 Å². The highest BCUT2D eigenvalue weighted by molar-refractivity contribution is 5.70. The quantitative estimate of drug-likeness (QED) is 0.0368. The van der Waals surface area contributed by atoms with E-state index in [1.807, 2.05) is 21.1 Å². The molecule has 0 heterocycles. The topological polar surface area (TPSA) is 102 Å². The molecule has 0 aliphatic heterocycles. The zero-order valence-electron chi connectivity index (χ0n) is 26.0. The van der Waals surface area contributed by atoms with Crippen molar-refractivity contribution in [3.63, 3.8) is 0 Å². The number of hydrogen-bond acceptors (Lipinski definition) is 6. The second kappa shape index (κ2) is 26.2. The molecule has 2 N–H and O–H groups in total. The van der Waals surface area contributed by atoms with Gasteiger partial charge in [0.15, 0.2) is 0 Å². The molecule has 0 aromatic carbocycles. The van der Waals surface area contributed by atoms with E-state index in [-0.39, 0.29) is 25.8 Å². The first-order valence-corrected chi connectivity index (χ1v) is 15.6. The van der Waals surface area contributed by atoms with Gasteiger partial charge in [0.05, 0.1) is 34.4 Å². The van der Waals surface area contributed by atoms with Gasteiger partial charge in [0, 0.05) is 6.42 Å². The number of aliphatic hydroxyl groups is 1. The normalized spacial score (nSPS) is 13.7. The first kappa shape index (κ1) is 38.3. The Labute approximate surface area is 244 Å². The second-order valence-corrected chi connectivity index (χ2v) is 11.6. The van der Waals surface area contributed by atoms with Gasteiger partial charge in [-0.2, -0.15) is 0 Å². The molecule has 2 unspecified atom stereocenters. The fourth-order valence-electron chi connectivity index (χ4n) is 3.92. The van der Waals surface area contributed by atoms with Gasteiger partial charge in [0.1, 0.15) is 19.3 Å². The molecule has 0 aliphatic carbocycles. The predicted molar refractivity (Wildman–Crippen MR) is 161 cm³/mol. The van der Waals surface area contributed by atoms with Gasteiger partial charge < -0.3 is 28.9 Å². The molecule has 0 aliphatic rings. The lowest BCUT2D eigenvalue weighted by atomic mass is 10.1. The minimum absolute atomic E-state index is 0.209. The van der Waals surface area contributed by atoms with Gasteiger partial charge in [0.2, 0.25) is 0 Å². The maximum atomic E-state index is 11.9. The maximum absolute atomic E-state index is 11.9. The molecule has 0 amide bonds. The van der Waals surface area contributed by atoms with E-state index in [4.69, 9.17) is 14.2 Å². The van der Waals surface area contributed by atoms with Crippen LogP contribution >= 0.6 is 0 Å². The molecule has 40 heavy (non-hydrogen) atoms. The number of carbonyl (C=O) groups is 2. The summed E-state index contributed by atoms with van der Waals surface area (Å²) >= 11 is 0. The first-order chi connectivity index (χ1) is 19.2. The van der Waals surface area contributed by atoms with Crippen molar-refractivity contribution in [1.82, 2.24) is 0 Å². The molecule has 0 saturated carbocycles. The summed E-state index contributed by atoms with van der Waals surface area (Å²) in [5, 5.41) is 19.2. The van der Waals surface area contributed by atoms with Gasteiger partial charge in [-0.05, 0) is 38.5 Å². The summed E-state index contributed by atoms with van der Waals surface area (Å²) in [5.41, 5.74) is 0. The van der Waals surface area contributed by atoms with Gasteiger partial charge in [-0.1, -0.05) is 89.0 Å². The van der Waals surface area contributed by atoms with Crippen molar-refractivity contribution >= 4 is 11.9 Å². The number of carboxylic acids is 1. The Morgan fingerprint density at radius 2 is 1.30 bits per heavy atom. The minimum Gasteiger partial charge on any atom is -0.477 e. The van der Waals surface area contributed by atoms with Crippen LogP contribution in [0.1, 0.15) is 110 Å². The van der Waals surface area contributed by atoms with Crippen LogP contribution in [0.2, 0.25) is 0 Å². The van der Waals surface area contributed by atoms with Crippen LogP contribution in [0.15, 0.2) is 24.3 Å². The number of nitrogens with zero attached hydrogens (tertiary/aromatic N) is 1. The second-order valence-electron chi connectivity index (χ2n) is 11.6. The van der Waals surface area contributed by atoms with Gasteiger partial charge in [0.25, 0.3) is 6.29 Å². The third-order valence-electron chi connectivity index (χ3n) is 6.44. The molecule has 0 aromatic rings. The SMILES string of the molecule is CCCCC/C=C\C/C=C\CCCCCCCCCCCC(=O)OCC(O)COC(OCC[N+](C)(C)C)C(=O)O. The number of aliphatic carboxylic acids is 1. The number of carbonyl (C=O) groups excluding carboxylic acids is 1. The monoisotopic (exact) mass is 570 g/mol. The fourth-order valence-corrected chi connectivity index (χ4v) is 3.92. The number of ether oxygens (including phenoxy) is 3. The summed E-state index contributed by atoms with van der Waals surface area (Å²) in [7, 11) is 5.91. The molecule has 8 nitrogen and oxygen atoms in total.